The highest BCUT2D eigenvalue weighted by Gasteiger charge is 2.28. The molecule has 180 valence electrons. The Labute approximate surface area is 197 Å². The molecule has 0 saturated heterocycles. The molecule has 0 unspecified atom stereocenters. The number of hydrogen-bond donors (Lipinski definition) is 4. The molecule has 0 aliphatic heterocycles. The number of carbonyl (C=O) groups excluding carboxylic acids is 1. The monoisotopic (exact) mass is 468 g/mol. The van der Waals surface area contributed by atoms with Gasteiger partial charge in [-0.1, -0.05) is 42.5 Å². The zero-order valence-corrected chi connectivity index (χ0v) is 19.2. The fourth-order valence-electron chi connectivity index (χ4n) is 3.17. The van der Waals surface area contributed by atoms with Gasteiger partial charge >= 0.3 is 0 Å². The van der Waals surface area contributed by atoms with Gasteiger partial charge < -0.3 is 25.6 Å². The van der Waals surface area contributed by atoms with Crippen LogP contribution >= 0.6 is 0 Å². The number of carbonyl (C=O) groups is 1. The normalized spacial score (nSPS) is 11.4. The lowest BCUT2D eigenvalue weighted by atomic mass is 10.0. The second-order valence-electron chi connectivity index (χ2n) is 8.32. The molecule has 0 atom stereocenters. The summed E-state index contributed by atoms with van der Waals surface area (Å²) in [6, 6.07) is 15.5. The largest absolute Gasteiger partial charge is 0.501 e. The molecular formula is C25H29FN4O4. The minimum absolute atomic E-state index is 0.100. The minimum atomic E-state index is -0.795. The van der Waals surface area contributed by atoms with E-state index in [0.717, 1.165) is 12.0 Å². The van der Waals surface area contributed by atoms with Crippen LogP contribution in [0, 0.1) is 5.82 Å². The van der Waals surface area contributed by atoms with Gasteiger partial charge in [0.2, 0.25) is 5.75 Å². The van der Waals surface area contributed by atoms with Crippen molar-refractivity contribution in [1.29, 1.82) is 0 Å². The first-order valence-electron chi connectivity index (χ1n) is 11.0. The van der Waals surface area contributed by atoms with Crippen molar-refractivity contribution in [2.45, 2.75) is 39.0 Å². The van der Waals surface area contributed by atoms with Gasteiger partial charge in [0, 0.05) is 13.2 Å². The molecule has 0 radical (unpaired) electrons. The standard InChI is InChI=1S/C25H29FN4O4/c1-25(2,28-13-6-14-34-16-18-7-4-3-5-8-18)24-29-20(21(31)23(33)30-24)22(32)27-15-17-9-11-19(26)12-10-17/h3-5,7-12,28,31H,6,13-16H2,1-2H3,(H,27,32)(H,29,30,33). The van der Waals surface area contributed by atoms with Crippen LogP contribution in [0.2, 0.25) is 0 Å². The van der Waals surface area contributed by atoms with Crippen molar-refractivity contribution < 1.29 is 24.1 Å². The first-order chi connectivity index (χ1) is 16.3. The van der Waals surface area contributed by atoms with Crippen LogP contribution in [-0.2, 0) is 23.4 Å². The van der Waals surface area contributed by atoms with E-state index in [4.69, 9.17) is 4.74 Å². The molecule has 0 aliphatic rings. The quantitative estimate of drug-likeness (QED) is 0.319. The molecule has 9 heteroatoms. The zero-order chi connectivity index (χ0) is 24.6. The number of amides is 1. The van der Waals surface area contributed by atoms with Crippen LogP contribution in [0.4, 0.5) is 4.39 Å². The molecule has 2 aromatic carbocycles. The third-order valence-electron chi connectivity index (χ3n) is 5.15. The first kappa shape index (κ1) is 25.1. The number of halogens is 1. The Kier molecular flexibility index (Phi) is 8.50. The van der Waals surface area contributed by atoms with Crippen LogP contribution in [0.5, 0.6) is 11.6 Å². The van der Waals surface area contributed by atoms with E-state index < -0.39 is 23.1 Å². The molecular weight excluding hydrogens is 439 g/mol. The van der Waals surface area contributed by atoms with Gasteiger partial charge in [0.25, 0.3) is 11.8 Å². The summed E-state index contributed by atoms with van der Waals surface area (Å²) in [6.45, 7) is 5.39. The molecule has 0 bridgehead atoms. The Bertz CT molecular complexity index is 1090. The third-order valence-corrected chi connectivity index (χ3v) is 5.15. The fraction of sp³-hybridized carbons (Fsp3) is 0.320. The predicted octanol–water partition coefficient (Wildman–Crippen LogP) is 3.39. The van der Waals surface area contributed by atoms with Gasteiger partial charge in [-0.2, -0.15) is 4.98 Å². The number of ether oxygens (including phenoxy) is 1. The molecule has 8 nitrogen and oxygen atoms in total. The van der Waals surface area contributed by atoms with Gasteiger partial charge in [0.05, 0.1) is 12.1 Å². The number of aromatic hydroxyl groups is 2. The van der Waals surface area contributed by atoms with Gasteiger partial charge in [-0.15, -0.1) is 0 Å². The van der Waals surface area contributed by atoms with Gasteiger partial charge in [0.15, 0.2) is 11.5 Å². The maximum Gasteiger partial charge on any atom is 0.274 e. The van der Waals surface area contributed by atoms with E-state index in [2.05, 4.69) is 20.6 Å². The van der Waals surface area contributed by atoms with Crippen molar-refractivity contribution in [2.24, 2.45) is 0 Å². The Balaban J connectivity index is 1.55. The van der Waals surface area contributed by atoms with Gasteiger partial charge in [-0.25, -0.2) is 9.37 Å². The Morgan fingerprint density at radius 1 is 1.03 bits per heavy atom. The lowest BCUT2D eigenvalue weighted by molar-refractivity contribution is 0.0940. The molecule has 0 saturated carbocycles. The van der Waals surface area contributed by atoms with Gasteiger partial charge in [-0.05, 0) is 50.1 Å². The number of hydrogen-bond acceptors (Lipinski definition) is 7. The third kappa shape index (κ3) is 6.97. The van der Waals surface area contributed by atoms with E-state index in [1.54, 1.807) is 0 Å². The molecule has 0 fully saturated rings. The molecule has 3 aromatic rings. The summed E-state index contributed by atoms with van der Waals surface area (Å²) >= 11 is 0. The number of aromatic nitrogens is 2. The Morgan fingerprint density at radius 2 is 1.74 bits per heavy atom. The zero-order valence-electron chi connectivity index (χ0n) is 19.2. The van der Waals surface area contributed by atoms with Crippen LogP contribution in [0.1, 0.15) is 47.7 Å². The summed E-state index contributed by atoms with van der Waals surface area (Å²) < 4.78 is 18.7. The van der Waals surface area contributed by atoms with Crippen LogP contribution in [0.3, 0.4) is 0 Å². The molecule has 0 aliphatic carbocycles. The van der Waals surface area contributed by atoms with Crippen molar-refractivity contribution in [3.05, 3.63) is 83.1 Å². The second-order valence-corrected chi connectivity index (χ2v) is 8.32. The van der Waals surface area contributed by atoms with Crippen LogP contribution in [-0.4, -0.2) is 39.2 Å². The molecule has 1 aromatic heterocycles. The predicted molar refractivity (Wildman–Crippen MR) is 125 cm³/mol. The number of rotatable bonds is 11. The highest BCUT2D eigenvalue weighted by Crippen LogP contribution is 2.28. The molecule has 34 heavy (non-hydrogen) atoms. The maximum atomic E-state index is 13.0. The maximum absolute atomic E-state index is 13.0. The van der Waals surface area contributed by atoms with Crippen molar-refractivity contribution in [2.75, 3.05) is 13.2 Å². The highest BCUT2D eigenvalue weighted by molar-refractivity contribution is 5.95. The molecule has 1 amide bonds. The summed E-state index contributed by atoms with van der Waals surface area (Å²) in [5.41, 5.74) is 0.639. The molecule has 4 N–H and O–H groups in total. The summed E-state index contributed by atoms with van der Waals surface area (Å²) in [7, 11) is 0. The summed E-state index contributed by atoms with van der Waals surface area (Å²) in [4.78, 5) is 20.8. The average molecular weight is 469 g/mol. The number of nitrogens with zero attached hydrogens (tertiary/aromatic N) is 2. The van der Waals surface area contributed by atoms with E-state index in [1.807, 2.05) is 44.2 Å². The highest BCUT2D eigenvalue weighted by atomic mass is 19.1. The van der Waals surface area contributed by atoms with Crippen LogP contribution < -0.4 is 10.6 Å². The fourth-order valence-corrected chi connectivity index (χ4v) is 3.17. The second kappa shape index (κ2) is 11.5. The Hall–Kier alpha value is -3.56. The number of benzene rings is 2. The summed E-state index contributed by atoms with van der Waals surface area (Å²) in [6.07, 6.45) is 0.728. The van der Waals surface area contributed by atoms with E-state index in [1.165, 1.54) is 24.3 Å². The van der Waals surface area contributed by atoms with E-state index in [0.29, 0.717) is 25.3 Å². The van der Waals surface area contributed by atoms with E-state index >= 15 is 0 Å². The summed E-state index contributed by atoms with van der Waals surface area (Å²) in [5, 5.41) is 26.1. The van der Waals surface area contributed by atoms with Crippen molar-refractivity contribution in [1.82, 2.24) is 20.6 Å². The minimum Gasteiger partial charge on any atom is -0.501 e. The number of nitrogens with one attached hydrogen (secondary N) is 2. The molecule has 0 spiro atoms. The smallest absolute Gasteiger partial charge is 0.274 e. The van der Waals surface area contributed by atoms with Crippen LogP contribution in [0.25, 0.3) is 0 Å². The van der Waals surface area contributed by atoms with Gasteiger partial charge in [-0.3, -0.25) is 4.79 Å². The van der Waals surface area contributed by atoms with Crippen LogP contribution in [0.15, 0.2) is 54.6 Å². The lowest BCUT2D eigenvalue weighted by Crippen LogP contribution is -2.39. The molecule has 3 rings (SSSR count). The molecule has 1 heterocycles. The van der Waals surface area contributed by atoms with E-state index in [-0.39, 0.29) is 23.9 Å². The topological polar surface area (TPSA) is 117 Å². The van der Waals surface area contributed by atoms with Gasteiger partial charge in [0.1, 0.15) is 5.82 Å². The van der Waals surface area contributed by atoms with Crippen molar-refractivity contribution in [3.8, 4) is 11.6 Å². The first-order valence-corrected chi connectivity index (χ1v) is 11.0. The Morgan fingerprint density at radius 3 is 2.44 bits per heavy atom. The van der Waals surface area contributed by atoms with E-state index in [9.17, 15) is 19.4 Å². The summed E-state index contributed by atoms with van der Waals surface area (Å²) in [5.74, 6) is -2.30. The van der Waals surface area contributed by atoms with Crippen molar-refractivity contribution >= 4 is 5.91 Å². The SMILES string of the molecule is CC(C)(NCCCOCc1ccccc1)c1nc(O)c(O)c(C(=O)NCc2ccc(F)cc2)n1. The van der Waals surface area contributed by atoms with Crippen molar-refractivity contribution in [3.63, 3.8) is 0 Å². The average Bonchev–Trinajstić information content (AvgIpc) is 2.83. The lowest BCUT2D eigenvalue weighted by Gasteiger charge is -2.25.